The van der Waals surface area contributed by atoms with Gasteiger partial charge in [0.1, 0.15) is 0 Å². The Bertz CT molecular complexity index is 261. The van der Waals surface area contributed by atoms with E-state index in [-0.39, 0.29) is 0 Å². The van der Waals surface area contributed by atoms with Gasteiger partial charge in [-0.1, -0.05) is 13.3 Å². The van der Waals surface area contributed by atoms with Crippen molar-refractivity contribution in [2.45, 2.75) is 82.8 Å². The van der Waals surface area contributed by atoms with Crippen LogP contribution in [0.15, 0.2) is 0 Å². The van der Waals surface area contributed by atoms with Crippen LogP contribution in [0.1, 0.15) is 64.7 Å². The molecule has 1 atom stereocenters. The first-order valence-corrected chi connectivity index (χ1v) is 8.90. The lowest BCUT2D eigenvalue weighted by molar-refractivity contribution is 0.115. The first-order chi connectivity index (χ1) is 9.70. The van der Waals surface area contributed by atoms with Crippen molar-refractivity contribution in [3.63, 3.8) is 0 Å². The molecule has 0 aromatic rings. The summed E-state index contributed by atoms with van der Waals surface area (Å²) in [5, 5.41) is 0. The summed E-state index contributed by atoms with van der Waals surface area (Å²) in [5.74, 6) is 0. The fraction of sp³-hybridized carbons (Fsp3) is 1.00. The largest absolute Gasteiger partial charge is 0.328 e. The monoisotopic (exact) mass is 281 g/mol. The van der Waals surface area contributed by atoms with Crippen LogP contribution in [-0.4, -0.2) is 54.6 Å². The lowest BCUT2D eigenvalue weighted by atomic mass is 9.90. The van der Waals surface area contributed by atoms with Gasteiger partial charge in [-0.05, 0) is 78.0 Å². The van der Waals surface area contributed by atoms with E-state index >= 15 is 0 Å². The summed E-state index contributed by atoms with van der Waals surface area (Å²) in [4.78, 5) is 5.36. The van der Waals surface area contributed by atoms with Crippen molar-refractivity contribution >= 4 is 0 Å². The summed E-state index contributed by atoms with van der Waals surface area (Å²) in [7, 11) is 2.31. The van der Waals surface area contributed by atoms with Crippen LogP contribution in [0, 0.1) is 0 Å². The molecule has 1 saturated carbocycles. The van der Waals surface area contributed by atoms with Crippen molar-refractivity contribution < 1.29 is 0 Å². The predicted molar refractivity (Wildman–Crippen MR) is 87.0 cm³/mol. The molecule has 0 amide bonds. The van der Waals surface area contributed by atoms with Gasteiger partial charge in [-0.25, -0.2) is 0 Å². The summed E-state index contributed by atoms with van der Waals surface area (Å²) in [6, 6.07) is 2.11. The molecule has 0 bridgehead atoms. The standard InChI is InChI=1S/C17H35N3/c1-3-12-20(17-9-7-15(18)8-10-17)14-11-16-6-4-5-13-19(16)2/h15-17H,3-14,18H2,1-2H3. The third-order valence-corrected chi connectivity index (χ3v) is 5.44. The molecule has 2 aliphatic rings. The van der Waals surface area contributed by atoms with Crippen molar-refractivity contribution in [3.05, 3.63) is 0 Å². The Morgan fingerprint density at radius 2 is 1.80 bits per heavy atom. The zero-order valence-electron chi connectivity index (χ0n) is 13.7. The number of nitrogens with zero attached hydrogens (tertiary/aromatic N) is 2. The van der Waals surface area contributed by atoms with Crippen molar-refractivity contribution in [1.82, 2.24) is 9.80 Å². The normalized spacial score (nSPS) is 32.7. The number of piperidine rings is 1. The van der Waals surface area contributed by atoms with Crippen LogP contribution in [0.2, 0.25) is 0 Å². The number of hydrogen-bond donors (Lipinski definition) is 1. The molecule has 3 heteroatoms. The lowest BCUT2D eigenvalue weighted by Gasteiger charge is -2.38. The van der Waals surface area contributed by atoms with Gasteiger partial charge >= 0.3 is 0 Å². The Morgan fingerprint density at radius 1 is 1.05 bits per heavy atom. The van der Waals surface area contributed by atoms with Gasteiger partial charge in [0.2, 0.25) is 0 Å². The van der Waals surface area contributed by atoms with E-state index in [1.54, 1.807) is 0 Å². The molecular weight excluding hydrogens is 246 g/mol. The fourth-order valence-electron chi connectivity index (χ4n) is 4.05. The van der Waals surface area contributed by atoms with Crippen LogP contribution in [0.3, 0.4) is 0 Å². The maximum absolute atomic E-state index is 6.05. The first kappa shape index (κ1) is 16.3. The molecule has 2 rings (SSSR count). The van der Waals surface area contributed by atoms with Crippen molar-refractivity contribution in [2.24, 2.45) is 5.73 Å². The lowest BCUT2D eigenvalue weighted by Crippen LogP contribution is -2.44. The molecule has 1 unspecified atom stereocenters. The summed E-state index contributed by atoms with van der Waals surface area (Å²) >= 11 is 0. The Balaban J connectivity index is 1.79. The Hall–Kier alpha value is -0.120. The third kappa shape index (κ3) is 4.71. The third-order valence-electron chi connectivity index (χ3n) is 5.44. The van der Waals surface area contributed by atoms with Gasteiger partial charge in [-0.2, -0.15) is 0 Å². The zero-order chi connectivity index (χ0) is 14.4. The van der Waals surface area contributed by atoms with Crippen molar-refractivity contribution in [1.29, 1.82) is 0 Å². The van der Waals surface area contributed by atoms with Crippen molar-refractivity contribution in [3.8, 4) is 0 Å². The summed E-state index contributed by atoms with van der Waals surface area (Å²) in [5.41, 5.74) is 6.05. The minimum absolute atomic E-state index is 0.471. The summed E-state index contributed by atoms with van der Waals surface area (Å²) in [6.45, 7) is 6.18. The predicted octanol–water partition coefficient (Wildman–Crippen LogP) is 2.84. The van der Waals surface area contributed by atoms with E-state index in [4.69, 9.17) is 5.73 Å². The minimum atomic E-state index is 0.471. The van der Waals surface area contributed by atoms with Crippen LogP contribution < -0.4 is 5.73 Å². The highest BCUT2D eigenvalue weighted by molar-refractivity contribution is 4.83. The second-order valence-corrected chi connectivity index (χ2v) is 7.02. The van der Waals surface area contributed by atoms with E-state index in [0.717, 1.165) is 12.1 Å². The maximum atomic E-state index is 6.05. The van der Waals surface area contributed by atoms with Crippen LogP contribution >= 0.6 is 0 Å². The second kappa shape index (κ2) is 8.35. The van der Waals surface area contributed by atoms with E-state index in [0.29, 0.717) is 6.04 Å². The Kier molecular flexibility index (Phi) is 6.79. The minimum Gasteiger partial charge on any atom is -0.328 e. The average Bonchev–Trinajstić information content (AvgIpc) is 2.46. The second-order valence-electron chi connectivity index (χ2n) is 7.02. The SMILES string of the molecule is CCCN(CCC1CCCCN1C)C1CCC(N)CC1. The molecule has 2 N–H and O–H groups in total. The molecular formula is C17H35N3. The highest BCUT2D eigenvalue weighted by atomic mass is 15.2. The first-order valence-electron chi connectivity index (χ1n) is 8.90. The molecule has 1 heterocycles. The van der Waals surface area contributed by atoms with E-state index in [9.17, 15) is 0 Å². The zero-order valence-corrected chi connectivity index (χ0v) is 13.7. The van der Waals surface area contributed by atoms with Crippen LogP contribution in [-0.2, 0) is 0 Å². The smallest absolute Gasteiger partial charge is 0.0104 e. The molecule has 3 nitrogen and oxygen atoms in total. The summed E-state index contributed by atoms with van der Waals surface area (Å²) in [6.07, 6.45) is 12.0. The van der Waals surface area contributed by atoms with Gasteiger partial charge in [0.05, 0.1) is 0 Å². The molecule has 1 aliphatic carbocycles. The van der Waals surface area contributed by atoms with E-state index < -0.39 is 0 Å². The maximum Gasteiger partial charge on any atom is 0.0104 e. The Labute approximate surface area is 125 Å². The molecule has 0 radical (unpaired) electrons. The van der Waals surface area contributed by atoms with Gasteiger partial charge in [-0.3, -0.25) is 0 Å². The van der Waals surface area contributed by atoms with Crippen molar-refractivity contribution in [2.75, 3.05) is 26.7 Å². The number of likely N-dealkylation sites (tertiary alicyclic amines) is 1. The average molecular weight is 281 g/mol. The van der Waals surface area contributed by atoms with Gasteiger partial charge in [0.25, 0.3) is 0 Å². The topological polar surface area (TPSA) is 32.5 Å². The van der Waals surface area contributed by atoms with Gasteiger partial charge in [0.15, 0.2) is 0 Å². The van der Waals surface area contributed by atoms with Crippen LogP contribution in [0.25, 0.3) is 0 Å². The fourth-order valence-corrected chi connectivity index (χ4v) is 4.05. The van der Waals surface area contributed by atoms with Crippen LogP contribution in [0.4, 0.5) is 0 Å². The van der Waals surface area contributed by atoms with Crippen LogP contribution in [0.5, 0.6) is 0 Å². The highest BCUT2D eigenvalue weighted by Crippen LogP contribution is 2.24. The molecule has 0 aromatic carbocycles. The van der Waals surface area contributed by atoms with E-state index in [1.165, 1.54) is 77.4 Å². The quantitative estimate of drug-likeness (QED) is 0.812. The van der Waals surface area contributed by atoms with Gasteiger partial charge < -0.3 is 15.5 Å². The van der Waals surface area contributed by atoms with E-state index in [2.05, 4.69) is 23.8 Å². The molecule has 118 valence electrons. The molecule has 2 fully saturated rings. The Morgan fingerprint density at radius 3 is 2.45 bits per heavy atom. The number of nitrogens with two attached hydrogens (primary N) is 1. The summed E-state index contributed by atoms with van der Waals surface area (Å²) < 4.78 is 0. The van der Waals surface area contributed by atoms with Gasteiger partial charge in [0, 0.05) is 18.1 Å². The van der Waals surface area contributed by atoms with Gasteiger partial charge in [-0.15, -0.1) is 0 Å². The molecule has 1 saturated heterocycles. The number of rotatable bonds is 6. The molecule has 20 heavy (non-hydrogen) atoms. The molecule has 1 aliphatic heterocycles. The number of hydrogen-bond acceptors (Lipinski definition) is 3. The van der Waals surface area contributed by atoms with E-state index in [1.807, 2.05) is 0 Å². The molecule has 0 aromatic heterocycles. The highest BCUT2D eigenvalue weighted by Gasteiger charge is 2.25. The molecule has 0 spiro atoms.